The van der Waals surface area contributed by atoms with E-state index in [9.17, 15) is 14.4 Å². The van der Waals surface area contributed by atoms with Crippen LogP contribution in [0.25, 0.3) is 0 Å². The Morgan fingerprint density at radius 3 is 2.65 bits per heavy atom. The van der Waals surface area contributed by atoms with Crippen LogP contribution in [0.2, 0.25) is 0 Å². The summed E-state index contributed by atoms with van der Waals surface area (Å²) in [5.74, 6) is 0.109. The fourth-order valence-corrected chi connectivity index (χ4v) is 5.56. The second-order valence-corrected chi connectivity index (χ2v) is 9.80. The van der Waals surface area contributed by atoms with Crippen molar-refractivity contribution in [2.24, 2.45) is 0 Å². The van der Waals surface area contributed by atoms with Crippen molar-refractivity contribution in [3.8, 4) is 5.75 Å². The Balaban J connectivity index is 1.51. The number of hydrogen-bond acceptors (Lipinski definition) is 6. The van der Waals surface area contributed by atoms with Crippen LogP contribution in [0.3, 0.4) is 0 Å². The average molecular weight is 472 g/mol. The van der Waals surface area contributed by atoms with E-state index in [2.05, 4.69) is 4.90 Å². The van der Waals surface area contributed by atoms with Gasteiger partial charge in [0.25, 0.3) is 0 Å². The van der Waals surface area contributed by atoms with E-state index < -0.39 is 5.41 Å². The molecular formula is C26H37N3O5. The van der Waals surface area contributed by atoms with Crippen molar-refractivity contribution in [3.63, 3.8) is 0 Å². The van der Waals surface area contributed by atoms with Gasteiger partial charge >= 0.3 is 0 Å². The van der Waals surface area contributed by atoms with E-state index in [1.54, 1.807) is 25.1 Å². The fraction of sp³-hybridized carbons (Fsp3) is 0.654. The molecule has 0 unspecified atom stereocenters. The zero-order valence-corrected chi connectivity index (χ0v) is 20.5. The molecule has 8 heteroatoms. The maximum absolute atomic E-state index is 13.9. The molecule has 2 heterocycles. The molecule has 186 valence electrons. The van der Waals surface area contributed by atoms with E-state index in [-0.39, 0.29) is 36.6 Å². The predicted molar refractivity (Wildman–Crippen MR) is 128 cm³/mol. The zero-order valence-electron chi connectivity index (χ0n) is 20.5. The SMILES string of the molecule is COc1cccc([C@]2(CC(=O)N(C)CCCN3CCOCC3)CC(=O)N(C3CCCC3)C2=O)c1. The summed E-state index contributed by atoms with van der Waals surface area (Å²) in [5, 5.41) is 0. The Kier molecular flexibility index (Phi) is 7.88. The van der Waals surface area contributed by atoms with Gasteiger partial charge < -0.3 is 14.4 Å². The number of hydrogen-bond donors (Lipinski definition) is 0. The number of imide groups is 1. The number of nitrogens with zero attached hydrogens (tertiary/aromatic N) is 3. The highest BCUT2D eigenvalue weighted by molar-refractivity contribution is 6.11. The molecule has 4 rings (SSSR count). The summed E-state index contributed by atoms with van der Waals surface area (Å²) in [6.45, 7) is 4.87. The summed E-state index contributed by atoms with van der Waals surface area (Å²) in [6, 6.07) is 7.23. The molecule has 3 amide bonds. The van der Waals surface area contributed by atoms with E-state index in [1.807, 2.05) is 18.2 Å². The lowest BCUT2D eigenvalue weighted by atomic mass is 9.75. The first-order valence-electron chi connectivity index (χ1n) is 12.5. The molecular weight excluding hydrogens is 434 g/mol. The third-order valence-electron chi connectivity index (χ3n) is 7.61. The smallest absolute Gasteiger partial charge is 0.241 e. The van der Waals surface area contributed by atoms with Gasteiger partial charge in [-0.2, -0.15) is 0 Å². The lowest BCUT2D eigenvalue weighted by Gasteiger charge is -2.31. The Bertz CT molecular complexity index is 894. The minimum Gasteiger partial charge on any atom is -0.497 e. The molecule has 2 aliphatic heterocycles. The Hall–Kier alpha value is -2.45. The molecule has 1 saturated carbocycles. The van der Waals surface area contributed by atoms with E-state index in [1.165, 1.54) is 4.90 Å². The van der Waals surface area contributed by atoms with E-state index in [0.29, 0.717) is 17.9 Å². The number of rotatable bonds is 9. The third kappa shape index (κ3) is 5.13. The van der Waals surface area contributed by atoms with E-state index in [4.69, 9.17) is 9.47 Å². The van der Waals surface area contributed by atoms with Gasteiger partial charge in [-0.15, -0.1) is 0 Å². The summed E-state index contributed by atoms with van der Waals surface area (Å²) in [4.78, 5) is 45.9. The maximum atomic E-state index is 13.9. The van der Waals surface area contributed by atoms with Crippen molar-refractivity contribution in [3.05, 3.63) is 29.8 Å². The molecule has 3 fully saturated rings. The summed E-state index contributed by atoms with van der Waals surface area (Å²) in [5.41, 5.74) is -0.496. The van der Waals surface area contributed by atoms with Crippen LogP contribution in [-0.2, 0) is 24.5 Å². The molecule has 1 atom stereocenters. The highest BCUT2D eigenvalue weighted by atomic mass is 16.5. The van der Waals surface area contributed by atoms with Crippen LogP contribution in [0.1, 0.15) is 50.5 Å². The highest BCUT2D eigenvalue weighted by Crippen LogP contribution is 2.43. The first-order chi connectivity index (χ1) is 16.4. The van der Waals surface area contributed by atoms with Gasteiger partial charge in [-0.3, -0.25) is 24.2 Å². The molecule has 0 bridgehead atoms. The molecule has 0 N–H and O–H groups in total. The van der Waals surface area contributed by atoms with Gasteiger partial charge in [-0.1, -0.05) is 25.0 Å². The molecule has 34 heavy (non-hydrogen) atoms. The van der Waals surface area contributed by atoms with Crippen LogP contribution in [0.4, 0.5) is 0 Å². The molecule has 0 radical (unpaired) electrons. The van der Waals surface area contributed by atoms with Crippen LogP contribution in [0.15, 0.2) is 24.3 Å². The van der Waals surface area contributed by atoms with Gasteiger partial charge in [-0.05, 0) is 37.0 Å². The van der Waals surface area contributed by atoms with Crippen LogP contribution in [0.5, 0.6) is 5.75 Å². The van der Waals surface area contributed by atoms with Gasteiger partial charge in [0.2, 0.25) is 17.7 Å². The number of likely N-dealkylation sites (tertiary alicyclic amines) is 1. The second-order valence-electron chi connectivity index (χ2n) is 9.80. The molecule has 8 nitrogen and oxygen atoms in total. The molecule has 1 aliphatic carbocycles. The van der Waals surface area contributed by atoms with Crippen molar-refractivity contribution in [2.45, 2.75) is 56.4 Å². The number of ether oxygens (including phenoxy) is 2. The fourth-order valence-electron chi connectivity index (χ4n) is 5.56. The maximum Gasteiger partial charge on any atom is 0.241 e. The zero-order chi connectivity index (χ0) is 24.1. The minimum atomic E-state index is -1.18. The van der Waals surface area contributed by atoms with Crippen LogP contribution < -0.4 is 4.74 Å². The summed E-state index contributed by atoms with van der Waals surface area (Å²) >= 11 is 0. The lowest BCUT2D eigenvalue weighted by molar-refractivity contribution is -0.144. The first-order valence-corrected chi connectivity index (χ1v) is 12.5. The summed E-state index contributed by atoms with van der Waals surface area (Å²) < 4.78 is 10.8. The molecule has 0 spiro atoms. The number of carbonyl (C=O) groups excluding carboxylic acids is 3. The average Bonchev–Trinajstić information content (AvgIpc) is 3.46. The second kappa shape index (κ2) is 10.9. The Morgan fingerprint density at radius 1 is 1.21 bits per heavy atom. The van der Waals surface area contributed by atoms with Crippen molar-refractivity contribution in [1.29, 1.82) is 0 Å². The molecule has 3 aliphatic rings. The van der Waals surface area contributed by atoms with Gasteiger partial charge in [-0.25, -0.2) is 0 Å². The van der Waals surface area contributed by atoms with Crippen molar-refractivity contribution < 1.29 is 23.9 Å². The minimum absolute atomic E-state index is 0.0119. The molecule has 2 saturated heterocycles. The molecule has 1 aromatic carbocycles. The predicted octanol–water partition coefficient (Wildman–Crippen LogP) is 2.21. The number of morpholine rings is 1. The quantitative estimate of drug-likeness (QED) is 0.514. The van der Waals surface area contributed by atoms with E-state index >= 15 is 0 Å². The van der Waals surface area contributed by atoms with Gasteiger partial charge in [0.15, 0.2) is 0 Å². The first kappa shape index (κ1) is 24.7. The largest absolute Gasteiger partial charge is 0.497 e. The van der Waals surface area contributed by atoms with Crippen molar-refractivity contribution in [2.75, 3.05) is 53.6 Å². The number of amides is 3. The normalized spacial score (nSPS) is 24.1. The number of benzene rings is 1. The van der Waals surface area contributed by atoms with Gasteiger partial charge in [0, 0.05) is 52.1 Å². The lowest BCUT2D eigenvalue weighted by Crippen LogP contribution is -2.45. The molecule has 1 aromatic rings. The summed E-state index contributed by atoms with van der Waals surface area (Å²) in [7, 11) is 3.36. The van der Waals surface area contributed by atoms with Crippen molar-refractivity contribution in [1.82, 2.24) is 14.7 Å². The monoisotopic (exact) mass is 471 g/mol. The number of methoxy groups -OCH3 is 1. The Morgan fingerprint density at radius 2 is 1.94 bits per heavy atom. The Labute approximate surface area is 202 Å². The van der Waals surface area contributed by atoms with Gasteiger partial charge in [0.05, 0.1) is 25.7 Å². The summed E-state index contributed by atoms with van der Waals surface area (Å²) in [6.07, 6.45) is 4.62. The standard InChI is InChI=1S/C26H37N3O5/c1-27(11-6-12-28-13-15-34-16-14-28)23(30)18-26(20-7-5-10-22(17-20)33-2)19-24(31)29(25(26)32)21-8-3-4-9-21/h5,7,10,17,21H,3-4,6,8-9,11-16,18-19H2,1-2H3/t26-/m0/s1. The highest BCUT2D eigenvalue weighted by Gasteiger charge is 2.55. The topological polar surface area (TPSA) is 79.4 Å². The van der Waals surface area contributed by atoms with E-state index in [0.717, 1.165) is 65.0 Å². The third-order valence-corrected chi connectivity index (χ3v) is 7.61. The van der Waals surface area contributed by atoms with Crippen LogP contribution >= 0.6 is 0 Å². The van der Waals surface area contributed by atoms with Crippen molar-refractivity contribution >= 4 is 17.7 Å². The van der Waals surface area contributed by atoms with Gasteiger partial charge in [0.1, 0.15) is 5.75 Å². The van der Waals surface area contributed by atoms with Crippen LogP contribution in [-0.4, -0.2) is 92.0 Å². The number of carbonyl (C=O) groups is 3. The molecule has 0 aromatic heterocycles. The van der Waals surface area contributed by atoms with Crippen LogP contribution in [0, 0.1) is 0 Å².